The second-order valence-electron chi connectivity index (χ2n) is 7.04. The minimum absolute atomic E-state index is 0.0288. The van der Waals surface area contributed by atoms with Crippen molar-refractivity contribution in [3.05, 3.63) is 34.9 Å². The Balaban J connectivity index is 2.05. The molecule has 1 saturated carbocycles. The first-order valence-electron chi connectivity index (χ1n) is 8.08. The normalized spacial score (nSPS) is 22.0. The number of hydrogen-bond acceptors (Lipinski definition) is 2. The van der Waals surface area contributed by atoms with Crippen molar-refractivity contribution in [3.8, 4) is 0 Å². The minimum atomic E-state index is -0.0292. The van der Waals surface area contributed by atoms with E-state index in [9.17, 15) is 0 Å². The Morgan fingerprint density at radius 3 is 2.33 bits per heavy atom. The molecule has 2 rings (SSSR count). The van der Waals surface area contributed by atoms with Crippen LogP contribution in [-0.2, 0) is 4.74 Å². The average molecular weight is 310 g/mol. The smallest absolute Gasteiger partial charge is 0.0979 e. The lowest BCUT2D eigenvalue weighted by atomic mass is 9.76. The average Bonchev–Trinajstić information content (AvgIpc) is 2.46. The standard InChI is InChI=1S/C18H28ClNO/c1-4-16(20)17(13-5-7-14(19)8-6-13)21-15-9-11-18(2,3)12-10-15/h5-8,15-17H,4,9-12,20H2,1-3H3. The third-order valence-electron chi connectivity index (χ3n) is 4.68. The predicted molar refractivity (Wildman–Crippen MR) is 89.6 cm³/mol. The largest absolute Gasteiger partial charge is 0.369 e. The third-order valence-corrected chi connectivity index (χ3v) is 4.94. The molecule has 118 valence electrons. The lowest BCUT2D eigenvalue weighted by molar-refractivity contribution is -0.0575. The van der Waals surface area contributed by atoms with E-state index in [-0.39, 0.29) is 12.1 Å². The monoisotopic (exact) mass is 309 g/mol. The summed E-state index contributed by atoms with van der Waals surface area (Å²) in [5.41, 5.74) is 7.90. The number of halogens is 1. The highest BCUT2D eigenvalue weighted by Gasteiger charge is 2.30. The highest BCUT2D eigenvalue weighted by Crippen LogP contribution is 2.38. The van der Waals surface area contributed by atoms with E-state index < -0.39 is 0 Å². The zero-order chi connectivity index (χ0) is 15.5. The topological polar surface area (TPSA) is 35.2 Å². The van der Waals surface area contributed by atoms with Crippen LogP contribution < -0.4 is 5.73 Å². The van der Waals surface area contributed by atoms with Gasteiger partial charge in [0.2, 0.25) is 0 Å². The zero-order valence-corrected chi connectivity index (χ0v) is 14.2. The summed E-state index contributed by atoms with van der Waals surface area (Å²) in [6.45, 7) is 6.80. The SMILES string of the molecule is CCC(N)C(OC1CCC(C)(C)CC1)c1ccc(Cl)cc1. The van der Waals surface area contributed by atoms with E-state index in [4.69, 9.17) is 22.1 Å². The molecule has 21 heavy (non-hydrogen) atoms. The van der Waals surface area contributed by atoms with Gasteiger partial charge in [0.1, 0.15) is 0 Å². The summed E-state index contributed by atoms with van der Waals surface area (Å²) in [5.74, 6) is 0. The molecular weight excluding hydrogens is 282 g/mol. The number of rotatable bonds is 5. The lowest BCUT2D eigenvalue weighted by Gasteiger charge is -2.37. The fourth-order valence-corrected chi connectivity index (χ4v) is 3.14. The molecule has 0 saturated heterocycles. The maximum atomic E-state index is 6.40. The third kappa shape index (κ3) is 4.70. The molecule has 0 spiro atoms. The number of benzene rings is 1. The Bertz CT molecular complexity index is 433. The number of nitrogens with two attached hydrogens (primary N) is 1. The van der Waals surface area contributed by atoms with Gasteiger partial charge < -0.3 is 10.5 Å². The van der Waals surface area contributed by atoms with E-state index in [0.717, 1.165) is 29.8 Å². The fraction of sp³-hybridized carbons (Fsp3) is 0.667. The van der Waals surface area contributed by atoms with Crippen molar-refractivity contribution in [1.82, 2.24) is 0 Å². The van der Waals surface area contributed by atoms with Gasteiger partial charge in [0, 0.05) is 11.1 Å². The molecule has 0 radical (unpaired) electrons. The summed E-state index contributed by atoms with van der Waals surface area (Å²) < 4.78 is 6.40. The van der Waals surface area contributed by atoms with Crippen LogP contribution in [0, 0.1) is 5.41 Å². The van der Waals surface area contributed by atoms with E-state index in [2.05, 4.69) is 20.8 Å². The maximum Gasteiger partial charge on any atom is 0.0979 e. The Hall–Kier alpha value is -0.570. The van der Waals surface area contributed by atoms with Crippen molar-refractivity contribution < 1.29 is 4.74 Å². The first-order valence-corrected chi connectivity index (χ1v) is 8.45. The number of ether oxygens (including phenoxy) is 1. The van der Waals surface area contributed by atoms with Gasteiger partial charge in [-0.2, -0.15) is 0 Å². The highest BCUT2D eigenvalue weighted by atomic mass is 35.5. The van der Waals surface area contributed by atoms with Crippen LogP contribution in [0.25, 0.3) is 0 Å². The quantitative estimate of drug-likeness (QED) is 0.821. The van der Waals surface area contributed by atoms with Gasteiger partial charge in [-0.15, -0.1) is 0 Å². The molecular formula is C18H28ClNO. The fourth-order valence-electron chi connectivity index (χ4n) is 3.01. The van der Waals surface area contributed by atoms with Gasteiger partial charge in [0.15, 0.2) is 0 Å². The zero-order valence-electron chi connectivity index (χ0n) is 13.4. The van der Waals surface area contributed by atoms with Gasteiger partial charge >= 0.3 is 0 Å². The van der Waals surface area contributed by atoms with Crippen molar-refractivity contribution in [2.75, 3.05) is 0 Å². The van der Waals surface area contributed by atoms with Gasteiger partial charge in [0.05, 0.1) is 12.2 Å². The second-order valence-corrected chi connectivity index (χ2v) is 7.48. The van der Waals surface area contributed by atoms with Crippen LogP contribution in [0.1, 0.15) is 64.5 Å². The van der Waals surface area contributed by atoms with Crippen molar-refractivity contribution in [1.29, 1.82) is 0 Å². The molecule has 2 nitrogen and oxygen atoms in total. The van der Waals surface area contributed by atoms with Gasteiger partial charge in [-0.3, -0.25) is 0 Å². The van der Waals surface area contributed by atoms with Gasteiger partial charge in [-0.05, 0) is 55.2 Å². The van der Waals surface area contributed by atoms with E-state index >= 15 is 0 Å². The summed E-state index contributed by atoms with van der Waals surface area (Å²) in [5, 5.41) is 0.752. The van der Waals surface area contributed by atoms with Crippen molar-refractivity contribution in [2.24, 2.45) is 11.1 Å². The number of hydrogen-bond donors (Lipinski definition) is 1. The minimum Gasteiger partial charge on any atom is -0.369 e. The molecule has 2 atom stereocenters. The van der Waals surface area contributed by atoms with Crippen LogP contribution in [0.3, 0.4) is 0 Å². The summed E-state index contributed by atoms with van der Waals surface area (Å²) >= 11 is 5.98. The predicted octanol–water partition coefficient (Wildman–Crippen LogP) is 5.10. The molecule has 3 heteroatoms. The molecule has 1 fully saturated rings. The van der Waals surface area contributed by atoms with Crippen LogP contribution >= 0.6 is 11.6 Å². The van der Waals surface area contributed by atoms with E-state index in [1.54, 1.807) is 0 Å². The summed E-state index contributed by atoms with van der Waals surface area (Å²) in [6.07, 6.45) is 5.93. The summed E-state index contributed by atoms with van der Waals surface area (Å²) in [6, 6.07) is 7.94. The van der Waals surface area contributed by atoms with Crippen LogP contribution in [-0.4, -0.2) is 12.1 Å². The van der Waals surface area contributed by atoms with E-state index in [0.29, 0.717) is 11.5 Å². The lowest BCUT2D eigenvalue weighted by Crippen LogP contribution is -2.35. The van der Waals surface area contributed by atoms with Crippen LogP contribution in [0.15, 0.2) is 24.3 Å². The Morgan fingerprint density at radius 1 is 1.24 bits per heavy atom. The van der Waals surface area contributed by atoms with Crippen LogP contribution in [0.4, 0.5) is 0 Å². The molecule has 1 aliphatic rings. The molecule has 1 aliphatic carbocycles. The summed E-state index contributed by atoms with van der Waals surface area (Å²) in [7, 11) is 0. The van der Waals surface area contributed by atoms with Gasteiger partial charge in [-0.1, -0.05) is 44.5 Å². The van der Waals surface area contributed by atoms with Crippen molar-refractivity contribution >= 4 is 11.6 Å². The molecule has 1 aromatic rings. The molecule has 0 heterocycles. The van der Waals surface area contributed by atoms with Crippen LogP contribution in [0.5, 0.6) is 0 Å². The highest BCUT2D eigenvalue weighted by molar-refractivity contribution is 6.30. The van der Waals surface area contributed by atoms with Gasteiger partial charge in [-0.25, -0.2) is 0 Å². The molecule has 2 unspecified atom stereocenters. The molecule has 0 aromatic heterocycles. The molecule has 0 bridgehead atoms. The van der Waals surface area contributed by atoms with E-state index in [1.807, 2.05) is 24.3 Å². The Labute approximate surface area is 134 Å². The first kappa shape index (κ1) is 16.8. The van der Waals surface area contributed by atoms with Crippen molar-refractivity contribution in [2.45, 2.75) is 71.1 Å². The van der Waals surface area contributed by atoms with Crippen LogP contribution in [0.2, 0.25) is 5.02 Å². The first-order chi connectivity index (χ1) is 9.91. The molecule has 2 N–H and O–H groups in total. The Kier molecular flexibility index (Phi) is 5.70. The second kappa shape index (κ2) is 7.13. The van der Waals surface area contributed by atoms with E-state index in [1.165, 1.54) is 12.8 Å². The van der Waals surface area contributed by atoms with Crippen molar-refractivity contribution in [3.63, 3.8) is 0 Å². The Morgan fingerprint density at radius 2 is 1.81 bits per heavy atom. The summed E-state index contributed by atoms with van der Waals surface area (Å²) in [4.78, 5) is 0. The molecule has 0 amide bonds. The maximum absolute atomic E-state index is 6.40. The van der Waals surface area contributed by atoms with Gasteiger partial charge in [0.25, 0.3) is 0 Å². The molecule has 0 aliphatic heterocycles. The molecule has 1 aromatic carbocycles.